The van der Waals surface area contributed by atoms with Crippen LogP contribution in [0.25, 0.3) is 0 Å². The SMILES string of the molecule is NC(=O)C1CNC(=O)CN1. The fourth-order valence-electron chi connectivity index (χ4n) is 0.768. The Kier molecular flexibility index (Phi) is 1.86. The van der Waals surface area contributed by atoms with Gasteiger partial charge in [-0.05, 0) is 0 Å². The van der Waals surface area contributed by atoms with E-state index in [1.165, 1.54) is 0 Å². The van der Waals surface area contributed by atoms with Crippen LogP contribution in [0.4, 0.5) is 0 Å². The molecule has 5 nitrogen and oxygen atoms in total. The molecular weight excluding hydrogens is 134 g/mol. The minimum atomic E-state index is -0.431. The molecule has 0 aromatic rings. The van der Waals surface area contributed by atoms with Gasteiger partial charge in [0.2, 0.25) is 11.8 Å². The van der Waals surface area contributed by atoms with Crippen LogP contribution < -0.4 is 16.4 Å². The van der Waals surface area contributed by atoms with Crippen LogP contribution in [0.5, 0.6) is 0 Å². The van der Waals surface area contributed by atoms with Crippen molar-refractivity contribution in [3.63, 3.8) is 0 Å². The summed E-state index contributed by atoms with van der Waals surface area (Å²) in [6, 6.07) is -0.405. The molecule has 0 aromatic carbocycles. The van der Waals surface area contributed by atoms with Gasteiger partial charge in [0.1, 0.15) is 6.04 Å². The fourth-order valence-corrected chi connectivity index (χ4v) is 0.768. The molecule has 0 aromatic heterocycles. The first-order valence-corrected chi connectivity index (χ1v) is 2.99. The molecule has 1 aliphatic heterocycles. The summed E-state index contributed by atoms with van der Waals surface area (Å²) in [5, 5.41) is 5.19. The number of hydrogen-bond donors (Lipinski definition) is 3. The third-order valence-corrected chi connectivity index (χ3v) is 1.36. The molecule has 2 amide bonds. The molecule has 1 fully saturated rings. The van der Waals surface area contributed by atoms with Crippen LogP contribution in [0.15, 0.2) is 0 Å². The third kappa shape index (κ3) is 1.44. The average Bonchev–Trinajstić information content (AvgIpc) is 1.88. The van der Waals surface area contributed by atoms with Crippen molar-refractivity contribution in [3.05, 3.63) is 0 Å². The third-order valence-electron chi connectivity index (χ3n) is 1.36. The number of primary amides is 1. The molecular formula is C5H9N3O2. The van der Waals surface area contributed by atoms with E-state index in [0.717, 1.165) is 0 Å². The van der Waals surface area contributed by atoms with E-state index in [2.05, 4.69) is 10.6 Å². The Morgan fingerprint density at radius 1 is 1.70 bits per heavy atom. The fraction of sp³-hybridized carbons (Fsp3) is 0.600. The van der Waals surface area contributed by atoms with Crippen molar-refractivity contribution in [2.45, 2.75) is 6.04 Å². The molecule has 0 spiro atoms. The summed E-state index contributed by atoms with van der Waals surface area (Å²) in [6.07, 6.45) is 0. The maximum atomic E-state index is 10.5. The van der Waals surface area contributed by atoms with E-state index in [4.69, 9.17) is 5.73 Å². The van der Waals surface area contributed by atoms with Gasteiger partial charge in [0, 0.05) is 6.54 Å². The molecule has 56 valence electrons. The van der Waals surface area contributed by atoms with Crippen LogP contribution in [-0.2, 0) is 9.59 Å². The summed E-state index contributed by atoms with van der Waals surface area (Å²) >= 11 is 0. The van der Waals surface area contributed by atoms with Crippen molar-refractivity contribution in [2.75, 3.05) is 13.1 Å². The van der Waals surface area contributed by atoms with E-state index in [0.29, 0.717) is 6.54 Å². The molecule has 0 aliphatic carbocycles. The van der Waals surface area contributed by atoms with Crippen molar-refractivity contribution in [1.29, 1.82) is 0 Å². The van der Waals surface area contributed by atoms with Crippen LogP contribution in [-0.4, -0.2) is 30.9 Å². The van der Waals surface area contributed by atoms with Gasteiger partial charge in [-0.1, -0.05) is 0 Å². The number of piperazine rings is 1. The molecule has 1 saturated heterocycles. The lowest BCUT2D eigenvalue weighted by Crippen LogP contribution is -2.56. The number of amides is 2. The predicted molar refractivity (Wildman–Crippen MR) is 34.0 cm³/mol. The van der Waals surface area contributed by atoms with Gasteiger partial charge < -0.3 is 11.1 Å². The Morgan fingerprint density at radius 3 is 2.80 bits per heavy atom. The quantitative estimate of drug-likeness (QED) is 0.381. The lowest BCUT2D eigenvalue weighted by atomic mass is 10.2. The van der Waals surface area contributed by atoms with Gasteiger partial charge in [-0.15, -0.1) is 0 Å². The van der Waals surface area contributed by atoms with Gasteiger partial charge in [0.25, 0.3) is 0 Å². The molecule has 10 heavy (non-hydrogen) atoms. The van der Waals surface area contributed by atoms with E-state index >= 15 is 0 Å². The van der Waals surface area contributed by atoms with E-state index in [-0.39, 0.29) is 12.5 Å². The molecule has 1 rings (SSSR count). The number of carbonyl (C=O) groups is 2. The first kappa shape index (κ1) is 7.01. The Balaban J connectivity index is 2.40. The maximum absolute atomic E-state index is 10.5. The van der Waals surface area contributed by atoms with Gasteiger partial charge in [-0.25, -0.2) is 0 Å². The number of hydrogen-bond acceptors (Lipinski definition) is 3. The number of carbonyl (C=O) groups excluding carboxylic acids is 2. The Labute approximate surface area is 58.0 Å². The van der Waals surface area contributed by atoms with Crippen LogP contribution >= 0.6 is 0 Å². The predicted octanol–water partition coefficient (Wildman–Crippen LogP) is -2.44. The number of nitrogens with two attached hydrogens (primary N) is 1. The lowest BCUT2D eigenvalue weighted by Gasteiger charge is -2.20. The Bertz CT molecular complexity index is 158. The van der Waals surface area contributed by atoms with Crippen LogP contribution in [0.2, 0.25) is 0 Å². The minimum Gasteiger partial charge on any atom is -0.368 e. The number of rotatable bonds is 1. The molecule has 1 atom stereocenters. The summed E-state index contributed by atoms with van der Waals surface area (Å²) in [7, 11) is 0. The molecule has 5 heteroatoms. The Morgan fingerprint density at radius 2 is 2.40 bits per heavy atom. The summed E-state index contributed by atoms with van der Waals surface area (Å²) < 4.78 is 0. The minimum absolute atomic E-state index is 0.0995. The second-order valence-electron chi connectivity index (χ2n) is 2.14. The van der Waals surface area contributed by atoms with E-state index in [1.54, 1.807) is 0 Å². The van der Waals surface area contributed by atoms with Crippen molar-refractivity contribution >= 4 is 11.8 Å². The molecule has 1 unspecified atom stereocenters. The second-order valence-corrected chi connectivity index (χ2v) is 2.14. The zero-order valence-electron chi connectivity index (χ0n) is 5.39. The topological polar surface area (TPSA) is 84.2 Å². The highest BCUT2D eigenvalue weighted by atomic mass is 16.2. The van der Waals surface area contributed by atoms with Gasteiger partial charge in [-0.2, -0.15) is 0 Å². The highest BCUT2D eigenvalue weighted by molar-refractivity contribution is 5.85. The summed E-state index contributed by atoms with van der Waals surface area (Å²) in [4.78, 5) is 21.0. The van der Waals surface area contributed by atoms with Crippen molar-refractivity contribution in [3.8, 4) is 0 Å². The second kappa shape index (κ2) is 2.66. The first-order valence-electron chi connectivity index (χ1n) is 2.99. The van der Waals surface area contributed by atoms with Gasteiger partial charge in [0.15, 0.2) is 0 Å². The zero-order valence-corrected chi connectivity index (χ0v) is 5.39. The largest absolute Gasteiger partial charge is 0.368 e. The maximum Gasteiger partial charge on any atom is 0.236 e. The smallest absolute Gasteiger partial charge is 0.236 e. The van der Waals surface area contributed by atoms with Gasteiger partial charge in [-0.3, -0.25) is 14.9 Å². The van der Waals surface area contributed by atoms with E-state index in [9.17, 15) is 9.59 Å². The van der Waals surface area contributed by atoms with Crippen LogP contribution in [0.3, 0.4) is 0 Å². The normalized spacial score (nSPS) is 25.6. The van der Waals surface area contributed by atoms with Gasteiger partial charge in [0.05, 0.1) is 6.54 Å². The molecule has 1 aliphatic rings. The molecule has 0 radical (unpaired) electrons. The van der Waals surface area contributed by atoms with E-state index < -0.39 is 11.9 Å². The lowest BCUT2D eigenvalue weighted by molar-refractivity contribution is -0.124. The van der Waals surface area contributed by atoms with Crippen LogP contribution in [0.1, 0.15) is 0 Å². The molecule has 4 N–H and O–H groups in total. The highest BCUT2D eigenvalue weighted by Gasteiger charge is 2.20. The molecule has 0 saturated carbocycles. The van der Waals surface area contributed by atoms with E-state index in [1.807, 2.05) is 0 Å². The van der Waals surface area contributed by atoms with Crippen molar-refractivity contribution in [2.24, 2.45) is 5.73 Å². The van der Waals surface area contributed by atoms with Gasteiger partial charge >= 0.3 is 0 Å². The Hall–Kier alpha value is -1.10. The van der Waals surface area contributed by atoms with Crippen LogP contribution in [0, 0.1) is 0 Å². The molecule has 1 heterocycles. The highest BCUT2D eigenvalue weighted by Crippen LogP contribution is 1.84. The zero-order chi connectivity index (χ0) is 7.56. The number of nitrogens with one attached hydrogen (secondary N) is 2. The summed E-state index contributed by atoms with van der Waals surface area (Å²) in [5.41, 5.74) is 4.96. The summed E-state index contributed by atoms with van der Waals surface area (Å²) in [6.45, 7) is 0.474. The monoisotopic (exact) mass is 143 g/mol. The van der Waals surface area contributed by atoms with Crippen molar-refractivity contribution in [1.82, 2.24) is 10.6 Å². The average molecular weight is 143 g/mol. The summed E-state index contributed by atoms with van der Waals surface area (Å²) in [5.74, 6) is -0.530. The first-order chi connectivity index (χ1) is 4.70. The standard InChI is InChI=1S/C5H9N3O2/c6-5(10)3-1-8-4(9)2-7-3/h3,7H,1-2H2,(H2,6,10)(H,8,9). The molecule has 0 bridgehead atoms. The van der Waals surface area contributed by atoms with Crippen molar-refractivity contribution < 1.29 is 9.59 Å².